The molecule has 0 aliphatic rings. The fourth-order valence-corrected chi connectivity index (χ4v) is 3.03. The van der Waals surface area contributed by atoms with Crippen molar-refractivity contribution in [2.75, 3.05) is 39.3 Å². The van der Waals surface area contributed by atoms with E-state index in [2.05, 4.69) is 48.1 Å². The number of thiophene rings is 1. The van der Waals surface area contributed by atoms with Crippen LogP contribution < -0.4 is 5.73 Å². The molecule has 0 aromatic carbocycles. The van der Waals surface area contributed by atoms with Crippen LogP contribution in [0.3, 0.4) is 0 Å². The monoisotopic (exact) mass is 283 g/mol. The van der Waals surface area contributed by atoms with Crippen LogP contribution in [0.15, 0.2) is 17.5 Å². The van der Waals surface area contributed by atoms with Gasteiger partial charge in [0.1, 0.15) is 0 Å². The lowest BCUT2D eigenvalue weighted by atomic mass is 10.2. The fourth-order valence-electron chi connectivity index (χ4n) is 2.31. The second-order valence-electron chi connectivity index (χ2n) is 4.90. The van der Waals surface area contributed by atoms with E-state index in [1.54, 1.807) is 11.3 Å². The van der Waals surface area contributed by atoms with Crippen molar-refractivity contribution in [3.8, 4) is 0 Å². The Morgan fingerprint density at radius 3 is 2.26 bits per heavy atom. The maximum atomic E-state index is 6.26. The van der Waals surface area contributed by atoms with Gasteiger partial charge in [0.15, 0.2) is 0 Å². The maximum absolute atomic E-state index is 6.26. The first-order chi connectivity index (χ1) is 9.21. The van der Waals surface area contributed by atoms with Gasteiger partial charge in [-0.1, -0.05) is 26.8 Å². The van der Waals surface area contributed by atoms with Crippen LogP contribution in [0.5, 0.6) is 0 Å². The Hall–Kier alpha value is -0.420. The summed E-state index contributed by atoms with van der Waals surface area (Å²) in [4.78, 5) is 6.24. The predicted octanol–water partition coefficient (Wildman–Crippen LogP) is 2.80. The van der Waals surface area contributed by atoms with Crippen LogP contribution in [0, 0.1) is 0 Å². The van der Waals surface area contributed by atoms with E-state index >= 15 is 0 Å². The summed E-state index contributed by atoms with van der Waals surface area (Å²) < 4.78 is 0. The van der Waals surface area contributed by atoms with Gasteiger partial charge in [-0.05, 0) is 50.6 Å². The summed E-state index contributed by atoms with van der Waals surface area (Å²) in [5.41, 5.74) is 6.26. The maximum Gasteiger partial charge on any atom is 0.0519 e. The Labute approximate surface area is 122 Å². The van der Waals surface area contributed by atoms with Gasteiger partial charge in [0.05, 0.1) is 6.04 Å². The average molecular weight is 283 g/mol. The molecule has 2 N–H and O–H groups in total. The van der Waals surface area contributed by atoms with Crippen molar-refractivity contribution in [2.24, 2.45) is 5.73 Å². The fraction of sp³-hybridized carbons (Fsp3) is 0.733. The van der Waals surface area contributed by atoms with Gasteiger partial charge in [0, 0.05) is 11.4 Å². The molecule has 1 heterocycles. The molecule has 0 fully saturated rings. The van der Waals surface area contributed by atoms with Crippen LogP contribution >= 0.6 is 11.3 Å². The van der Waals surface area contributed by atoms with E-state index in [1.807, 2.05) is 0 Å². The van der Waals surface area contributed by atoms with Gasteiger partial charge in [-0.3, -0.25) is 0 Å². The molecule has 110 valence electrons. The smallest absolute Gasteiger partial charge is 0.0519 e. The third-order valence-corrected chi connectivity index (χ3v) is 4.66. The summed E-state index contributed by atoms with van der Waals surface area (Å²) in [6.45, 7) is 13.4. The SMILES string of the molecule is CCN(CC)CCCN(CC)CC(N)c1cccs1. The van der Waals surface area contributed by atoms with Gasteiger partial charge in [-0.2, -0.15) is 0 Å². The Morgan fingerprint density at radius 1 is 1.11 bits per heavy atom. The molecule has 1 atom stereocenters. The quantitative estimate of drug-likeness (QED) is 0.716. The molecule has 1 rings (SSSR count). The van der Waals surface area contributed by atoms with Gasteiger partial charge < -0.3 is 15.5 Å². The highest BCUT2D eigenvalue weighted by molar-refractivity contribution is 7.10. The molecule has 0 radical (unpaired) electrons. The van der Waals surface area contributed by atoms with Gasteiger partial charge >= 0.3 is 0 Å². The topological polar surface area (TPSA) is 32.5 Å². The zero-order valence-electron chi connectivity index (χ0n) is 12.6. The van der Waals surface area contributed by atoms with Crippen LogP contribution in [0.4, 0.5) is 0 Å². The third kappa shape index (κ3) is 6.04. The van der Waals surface area contributed by atoms with Crippen LogP contribution in [0.1, 0.15) is 38.1 Å². The summed E-state index contributed by atoms with van der Waals surface area (Å²) in [5, 5.41) is 2.10. The van der Waals surface area contributed by atoms with Crippen LogP contribution in [0.2, 0.25) is 0 Å². The minimum absolute atomic E-state index is 0.161. The lowest BCUT2D eigenvalue weighted by Crippen LogP contribution is -2.34. The number of rotatable bonds is 10. The molecule has 3 nitrogen and oxygen atoms in total. The first kappa shape index (κ1) is 16.6. The number of hydrogen-bond acceptors (Lipinski definition) is 4. The summed E-state index contributed by atoms with van der Waals surface area (Å²) in [5.74, 6) is 0. The number of nitrogens with zero attached hydrogens (tertiary/aromatic N) is 2. The molecule has 0 spiro atoms. The van der Waals surface area contributed by atoms with Crippen LogP contribution in [-0.4, -0.2) is 49.1 Å². The molecule has 0 saturated heterocycles. The average Bonchev–Trinajstić information content (AvgIpc) is 2.96. The largest absolute Gasteiger partial charge is 0.322 e. The molecule has 0 aliphatic carbocycles. The molecule has 0 saturated carbocycles. The van der Waals surface area contributed by atoms with E-state index < -0.39 is 0 Å². The summed E-state index contributed by atoms with van der Waals surface area (Å²) in [7, 11) is 0. The Kier molecular flexibility index (Phi) is 8.30. The van der Waals surface area contributed by atoms with Crippen molar-refractivity contribution < 1.29 is 0 Å². The van der Waals surface area contributed by atoms with E-state index in [4.69, 9.17) is 5.73 Å². The van der Waals surface area contributed by atoms with Gasteiger partial charge in [0.25, 0.3) is 0 Å². The number of hydrogen-bond donors (Lipinski definition) is 1. The highest BCUT2D eigenvalue weighted by Crippen LogP contribution is 2.17. The predicted molar refractivity (Wildman–Crippen MR) is 85.8 cm³/mol. The lowest BCUT2D eigenvalue weighted by Gasteiger charge is -2.25. The van der Waals surface area contributed by atoms with E-state index in [-0.39, 0.29) is 6.04 Å². The highest BCUT2D eigenvalue weighted by Gasteiger charge is 2.12. The second kappa shape index (κ2) is 9.48. The van der Waals surface area contributed by atoms with Crippen molar-refractivity contribution in [1.29, 1.82) is 0 Å². The van der Waals surface area contributed by atoms with Crippen molar-refractivity contribution in [3.05, 3.63) is 22.4 Å². The van der Waals surface area contributed by atoms with E-state index in [1.165, 1.54) is 17.8 Å². The normalized spacial score (nSPS) is 13.4. The molecule has 0 bridgehead atoms. The standard InChI is InChI=1S/C15H29N3S/c1-4-17(5-2)10-8-11-18(6-3)13-14(16)15-9-7-12-19-15/h7,9,12,14H,4-6,8,10-11,13,16H2,1-3H3. The Balaban J connectivity index is 2.29. The van der Waals surface area contributed by atoms with Crippen molar-refractivity contribution in [2.45, 2.75) is 33.2 Å². The highest BCUT2D eigenvalue weighted by atomic mass is 32.1. The molecule has 0 amide bonds. The van der Waals surface area contributed by atoms with E-state index in [9.17, 15) is 0 Å². The Morgan fingerprint density at radius 2 is 1.74 bits per heavy atom. The van der Waals surface area contributed by atoms with Crippen molar-refractivity contribution in [3.63, 3.8) is 0 Å². The van der Waals surface area contributed by atoms with Gasteiger partial charge in [-0.15, -0.1) is 11.3 Å². The molecular weight excluding hydrogens is 254 g/mol. The second-order valence-corrected chi connectivity index (χ2v) is 5.87. The summed E-state index contributed by atoms with van der Waals surface area (Å²) in [6, 6.07) is 4.38. The molecular formula is C15H29N3S. The molecule has 1 unspecified atom stereocenters. The molecule has 1 aromatic rings. The van der Waals surface area contributed by atoms with E-state index in [0.29, 0.717) is 0 Å². The summed E-state index contributed by atoms with van der Waals surface area (Å²) in [6.07, 6.45) is 1.23. The van der Waals surface area contributed by atoms with Crippen molar-refractivity contribution in [1.82, 2.24) is 9.80 Å². The molecule has 4 heteroatoms. The molecule has 19 heavy (non-hydrogen) atoms. The molecule has 1 aromatic heterocycles. The Bertz CT molecular complexity index is 309. The minimum atomic E-state index is 0.161. The zero-order chi connectivity index (χ0) is 14.1. The first-order valence-corrected chi connectivity index (χ1v) is 8.32. The molecule has 0 aliphatic heterocycles. The summed E-state index contributed by atoms with van der Waals surface area (Å²) >= 11 is 1.76. The van der Waals surface area contributed by atoms with Gasteiger partial charge in [0.2, 0.25) is 0 Å². The van der Waals surface area contributed by atoms with Gasteiger partial charge in [-0.25, -0.2) is 0 Å². The lowest BCUT2D eigenvalue weighted by molar-refractivity contribution is 0.235. The first-order valence-electron chi connectivity index (χ1n) is 7.44. The number of nitrogens with two attached hydrogens (primary N) is 1. The third-order valence-electron chi connectivity index (χ3n) is 3.65. The zero-order valence-corrected chi connectivity index (χ0v) is 13.5. The van der Waals surface area contributed by atoms with Crippen LogP contribution in [0.25, 0.3) is 0 Å². The van der Waals surface area contributed by atoms with E-state index in [0.717, 1.165) is 32.7 Å². The van der Waals surface area contributed by atoms with Crippen molar-refractivity contribution >= 4 is 11.3 Å². The number of likely N-dealkylation sites (N-methyl/N-ethyl adjacent to an activating group) is 1. The van der Waals surface area contributed by atoms with Crippen LogP contribution in [-0.2, 0) is 0 Å². The minimum Gasteiger partial charge on any atom is -0.322 e.